The Kier molecular flexibility index (Phi) is 4.20. The van der Waals surface area contributed by atoms with Crippen LogP contribution in [0.3, 0.4) is 0 Å². The second-order valence-electron chi connectivity index (χ2n) is 4.69. The first-order valence-electron chi connectivity index (χ1n) is 6.25. The van der Waals surface area contributed by atoms with Crippen LogP contribution in [0.25, 0.3) is 0 Å². The maximum atomic E-state index is 11.3. The lowest BCUT2D eigenvalue weighted by atomic mass is 9.98. The fraction of sp³-hybridized carbons (Fsp3) is 0.615. The lowest BCUT2D eigenvalue weighted by molar-refractivity contribution is -0.118. The third kappa shape index (κ3) is 3.60. The van der Waals surface area contributed by atoms with Gasteiger partial charge in [0.15, 0.2) is 0 Å². The van der Waals surface area contributed by atoms with Gasteiger partial charge in [0.05, 0.1) is 6.54 Å². The minimum absolute atomic E-state index is 0.274. The molecule has 1 fully saturated rings. The molecule has 2 heterocycles. The molecule has 0 aliphatic carbocycles. The first-order valence-corrected chi connectivity index (χ1v) is 6.25. The van der Waals surface area contributed by atoms with Crippen molar-refractivity contribution in [1.29, 1.82) is 0 Å². The van der Waals surface area contributed by atoms with E-state index in [0.717, 1.165) is 25.3 Å². The molecule has 0 N–H and O–H groups in total. The molecule has 4 heteroatoms. The number of ketones is 1. The predicted octanol–water partition coefficient (Wildman–Crippen LogP) is 1.81. The Morgan fingerprint density at radius 3 is 2.88 bits per heavy atom. The van der Waals surface area contributed by atoms with Gasteiger partial charge in [-0.05, 0) is 32.4 Å². The lowest BCUT2D eigenvalue weighted by Gasteiger charge is -2.34. The highest BCUT2D eigenvalue weighted by Crippen LogP contribution is 2.21. The van der Waals surface area contributed by atoms with Crippen LogP contribution in [0.2, 0.25) is 0 Å². The summed E-state index contributed by atoms with van der Waals surface area (Å²) in [6, 6.07) is 2.21. The highest BCUT2D eigenvalue weighted by molar-refractivity contribution is 5.76. The smallest absolute Gasteiger partial charge is 0.142 e. The van der Waals surface area contributed by atoms with Crippen molar-refractivity contribution in [2.45, 2.75) is 45.2 Å². The molecule has 0 amide bonds. The maximum absolute atomic E-state index is 11.3. The fourth-order valence-electron chi connectivity index (χ4n) is 2.42. The van der Waals surface area contributed by atoms with Crippen molar-refractivity contribution < 1.29 is 4.79 Å². The molecule has 1 atom stereocenters. The summed E-state index contributed by atoms with van der Waals surface area (Å²) in [7, 11) is 0. The van der Waals surface area contributed by atoms with Crippen molar-refractivity contribution in [2.24, 2.45) is 0 Å². The van der Waals surface area contributed by atoms with Gasteiger partial charge in [0.2, 0.25) is 0 Å². The molecule has 1 aromatic heterocycles. The molecular weight excluding hydrogens is 214 g/mol. The average molecular weight is 233 g/mol. The van der Waals surface area contributed by atoms with Crippen molar-refractivity contribution in [1.82, 2.24) is 14.9 Å². The monoisotopic (exact) mass is 233 g/mol. The van der Waals surface area contributed by atoms with E-state index >= 15 is 0 Å². The van der Waals surface area contributed by atoms with E-state index in [4.69, 9.17) is 0 Å². The van der Waals surface area contributed by atoms with E-state index in [1.54, 1.807) is 19.3 Å². The molecule has 0 spiro atoms. The van der Waals surface area contributed by atoms with Gasteiger partial charge >= 0.3 is 0 Å². The SMILES string of the molecule is CC(=O)CC1CCCCN1Cc1ncccn1. The number of nitrogens with zero attached hydrogens (tertiary/aromatic N) is 3. The van der Waals surface area contributed by atoms with Crippen LogP contribution in [0.5, 0.6) is 0 Å². The van der Waals surface area contributed by atoms with E-state index in [1.165, 1.54) is 12.8 Å². The summed E-state index contributed by atoms with van der Waals surface area (Å²) in [5.74, 6) is 1.12. The zero-order valence-corrected chi connectivity index (χ0v) is 10.3. The Balaban J connectivity index is 1.99. The first kappa shape index (κ1) is 12.2. The maximum Gasteiger partial charge on any atom is 0.142 e. The standard InChI is InChI=1S/C13H19N3O/c1-11(17)9-12-5-2-3-8-16(12)10-13-14-6-4-7-15-13/h4,6-7,12H,2-3,5,8-10H2,1H3. The van der Waals surface area contributed by atoms with Gasteiger partial charge in [0.25, 0.3) is 0 Å². The molecule has 0 radical (unpaired) electrons. The van der Waals surface area contributed by atoms with E-state index in [1.807, 2.05) is 6.07 Å². The lowest BCUT2D eigenvalue weighted by Crippen LogP contribution is -2.40. The molecule has 1 aliphatic heterocycles. The third-order valence-corrected chi connectivity index (χ3v) is 3.24. The fourth-order valence-corrected chi connectivity index (χ4v) is 2.42. The highest BCUT2D eigenvalue weighted by Gasteiger charge is 2.23. The number of piperidine rings is 1. The van der Waals surface area contributed by atoms with Crippen LogP contribution in [0.1, 0.15) is 38.4 Å². The second-order valence-corrected chi connectivity index (χ2v) is 4.69. The Morgan fingerprint density at radius 1 is 1.41 bits per heavy atom. The van der Waals surface area contributed by atoms with Gasteiger partial charge in [-0.15, -0.1) is 0 Å². The largest absolute Gasteiger partial charge is 0.300 e. The topological polar surface area (TPSA) is 46.1 Å². The number of carbonyl (C=O) groups is 1. The Morgan fingerprint density at radius 2 is 2.18 bits per heavy atom. The zero-order chi connectivity index (χ0) is 12.1. The van der Waals surface area contributed by atoms with Crippen molar-refractivity contribution in [2.75, 3.05) is 6.54 Å². The molecule has 0 bridgehead atoms. The van der Waals surface area contributed by atoms with Crippen LogP contribution < -0.4 is 0 Å². The molecule has 0 saturated carbocycles. The highest BCUT2D eigenvalue weighted by atomic mass is 16.1. The van der Waals surface area contributed by atoms with Gasteiger partial charge in [-0.3, -0.25) is 9.69 Å². The van der Waals surface area contributed by atoms with Crippen molar-refractivity contribution >= 4 is 5.78 Å². The Hall–Kier alpha value is -1.29. The van der Waals surface area contributed by atoms with Gasteiger partial charge in [-0.2, -0.15) is 0 Å². The van der Waals surface area contributed by atoms with Crippen LogP contribution in [-0.2, 0) is 11.3 Å². The first-order chi connectivity index (χ1) is 8.25. The molecular formula is C13H19N3O. The summed E-state index contributed by atoms with van der Waals surface area (Å²) in [5.41, 5.74) is 0. The summed E-state index contributed by atoms with van der Waals surface area (Å²) >= 11 is 0. The van der Waals surface area contributed by atoms with Gasteiger partial charge in [-0.25, -0.2) is 9.97 Å². The number of rotatable bonds is 4. The second kappa shape index (κ2) is 5.87. The summed E-state index contributed by atoms with van der Waals surface area (Å²) in [4.78, 5) is 22.1. The van der Waals surface area contributed by atoms with Crippen LogP contribution in [-0.4, -0.2) is 33.2 Å². The Labute approximate surface area is 102 Å². The predicted molar refractivity (Wildman–Crippen MR) is 65.4 cm³/mol. The van der Waals surface area contributed by atoms with Crippen molar-refractivity contribution in [3.05, 3.63) is 24.3 Å². The number of carbonyl (C=O) groups excluding carboxylic acids is 1. The van der Waals surface area contributed by atoms with Crippen LogP contribution in [0, 0.1) is 0 Å². The molecule has 1 unspecified atom stereocenters. The average Bonchev–Trinajstić information content (AvgIpc) is 2.32. The summed E-state index contributed by atoms with van der Waals surface area (Å²) in [6.45, 7) is 3.49. The van der Waals surface area contributed by atoms with E-state index in [2.05, 4.69) is 14.9 Å². The molecule has 92 valence electrons. The van der Waals surface area contributed by atoms with Gasteiger partial charge in [0, 0.05) is 24.9 Å². The van der Waals surface area contributed by atoms with Gasteiger partial charge in [-0.1, -0.05) is 6.42 Å². The van der Waals surface area contributed by atoms with E-state index in [-0.39, 0.29) is 5.78 Å². The molecule has 17 heavy (non-hydrogen) atoms. The zero-order valence-electron chi connectivity index (χ0n) is 10.3. The summed E-state index contributed by atoms with van der Waals surface area (Å²) < 4.78 is 0. The molecule has 1 aromatic rings. The van der Waals surface area contributed by atoms with E-state index < -0.39 is 0 Å². The quantitative estimate of drug-likeness (QED) is 0.795. The number of aromatic nitrogens is 2. The van der Waals surface area contributed by atoms with Crippen molar-refractivity contribution in [3.8, 4) is 0 Å². The Bertz CT molecular complexity index is 366. The van der Waals surface area contributed by atoms with Crippen molar-refractivity contribution in [3.63, 3.8) is 0 Å². The minimum atomic E-state index is 0.274. The normalized spacial score (nSPS) is 21.4. The van der Waals surface area contributed by atoms with E-state index in [0.29, 0.717) is 12.5 Å². The molecule has 4 nitrogen and oxygen atoms in total. The van der Waals surface area contributed by atoms with Crippen LogP contribution in [0.15, 0.2) is 18.5 Å². The number of hydrogen-bond donors (Lipinski definition) is 0. The number of hydrogen-bond acceptors (Lipinski definition) is 4. The summed E-state index contributed by atoms with van der Waals surface area (Å²) in [6.07, 6.45) is 7.75. The van der Waals surface area contributed by atoms with Crippen LogP contribution in [0.4, 0.5) is 0 Å². The third-order valence-electron chi connectivity index (χ3n) is 3.24. The summed E-state index contributed by atoms with van der Waals surface area (Å²) in [5, 5.41) is 0. The number of likely N-dealkylation sites (tertiary alicyclic amines) is 1. The van der Waals surface area contributed by atoms with Crippen LogP contribution >= 0.6 is 0 Å². The molecule has 2 rings (SSSR count). The molecule has 1 saturated heterocycles. The van der Waals surface area contributed by atoms with Gasteiger partial charge in [0.1, 0.15) is 11.6 Å². The molecule has 0 aromatic carbocycles. The number of Topliss-reactive ketones (excluding diaryl/α,β-unsaturated/α-hetero) is 1. The van der Waals surface area contributed by atoms with E-state index in [9.17, 15) is 4.79 Å². The van der Waals surface area contributed by atoms with Gasteiger partial charge < -0.3 is 0 Å². The minimum Gasteiger partial charge on any atom is -0.300 e. The molecule has 1 aliphatic rings.